The lowest BCUT2D eigenvalue weighted by Gasteiger charge is -2.31. The molecule has 0 spiro atoms. The SMILES string of the molecule is CCN1CCC[C@H](OCCOC)C1. The van der Waals surface area contributed by atoms with Gasteiger partial charge >= 0.3 is 0 Å². The lowest BCUT2D eigenvalue weighted by molar-refractivity contribution is -0.0196. The molecule has 0 aromatic carbocycles. The van der Waals surface area contributed by atoms with E-state index in [1.807, 2.05) is 0 Å². The van der Waals surface area contributed by atoms with E-state index in [0.717, 1.165) is 19.7 Å². The van der Waals surface area contributed by atoms with Gasteiger partial charge in [0, 0.05) is 13.7 Å². The zero-order valence-electron chi connectivity index (χ0n) is 8.79. The monoisotopic (exact) mass is 187 g/mol. The average Bonchev–Trinajstić information content (AvgIpc) is 2.19. The Kier molecular flexibility index (Phi) is 5.35. The summed E-state index contributed by atoms with van der Waals surface area (Å²) >= 11 is 0. The van der Waals surface area contributed by atoms with Crippen LogP contribution in [0.3, 0.4) is 0 Å². The molecule has 1 fully saturated rings. The van der Waals surface area contributed by atoms with E-state index in [1.165, 1.54) is 19.4 Å². The quantitative estimate of drug-likeness (QED) is 0.602. The van der Waals surface area contributed by atoms with Crippen LogP contribution >= 0.6 is 0 Å². The fraction of sp³-hybridized carbons (Fsp3) is 1.00. The van der Waals surface area contributed by atoms with Crippen molar-refractivity contribution < 1.29 is 9.47 Å². The molecule has 0 N–H and O–H groups in total. The van der Waals surface area contributed by atoms with Crippen LogP contribution in [0.25, 0.3) is 0 Å². The molecule has 3 heteroatoms. The van der Waals surface area contributed by atoms with Crippen molar-refractivity contribution in [3.8, 4) is 0 Å². The van der Waals surface area contributed by atoms with Crippen LogP contribution in [0.15, 0.2) is 0 Å². The molecule has 0 aliphatic carbocycles. The molecule has 0 unspecified atom stereocenters. The molecular formula is C10H21NO2. The molecule has 0 aromatic rings. The standard InChI is InChI=1S/C10H21NO2/c1-3-11-6-4-5-10(9-11)13-8-7-12-2/h10H,3-9H2,1-2H3/t10-/m0/s1. The number of likely N-dealkylation sites (tertiary alicyclic amines) is 1. The third kappa shape index (κ3) is 4.07. The van der Waals surface area contributed by atoms with Crippen LogP contribution in [-0.2, 0) is 9.47 Å². The van der Waals surface area contributed by atoms with E-state index < -0.39 is 0 Å². The highest BCUT2D eigenvalue weighted by Gasteiger charge is 2.18. The molecule has 0 radical (unpaired) electrons. The van der Waals surface area contributed by atoms with Crippen LogP contribution in [0.5, 0.6) is 0 Å². The Morgan fingerprint density at radius 2 is 2.23 bits per heavy atom. The first-order valence-corrected chi connectivity index (χ1v) is 5.19. The second-order valence-corrected chi connectivity index (χ2v) is 3.52. The van der Waals surface area contributed by atoms with Crippen molar-refractivity contribution in [1.29, 1.82) is 0 Å². The molecule has 0 aromatic heterocycles. The lowest BCUT2D eigenvalue weighted by Crippen LogP contribution is -2.39. The third-order valence-electron chi connectivity index (χ3n) is 2.55. The van der Waals surface area contributed by atoms with Crippen LogP contribution < -0.4 is 0 Å². The minimum atomic E-state index is 0.434. The zero-order chi connectivity index (χ0) is 9.52. The summed E-state index contributed by atoms with van der Waals surface area (Å²) in [6.45, 7) is 7.13. The summed E-state index contributed by atoms with van der Waals surface area (Å²) in [5, 5.41) is 0. The minimum absolute atomic E-state index is 0.434. The smallest absolute Gasteiger partial charge is 0.0704 e. The van der Waals surface area contributed by atoms with Gasteiger partial charge in [-0.15, -0.1) is 0 Å². The van der Waals surface area contributed by atoms with Gasteiger partial charge < -0.3 is 14.4 Å². The molecule has 1 atom stereocenters. The van der Waals surface area contributed by atoms with Gasteiger partial charge in [-0.05, 0) is 25.9 Å². The Balaban J connectivity index is 2.11. The maximum Gasteiger partial charge on any atom is 0.0704 e. The number of methoxy groups -OCH3 is 1. The highest BCUT2D eigenvalue weighted by molar-refractivity contribution is 4.72. The molecule has 0 saturated carbocycles. The van der Waals surface area contributed by atoms with Crippen molar-refractivity contribution >= 4 is 0 Å². The van der Waals surface area contributed by atoms with Crippen molar-refractivity contribution in [3.05, 3.63) is 0 Å². The van der Waals surface area contributed by atoms with Crippen LogP contribution in [0.4, 0.5) is 0 Å². The minimum Gasteiger partial charge on any atom is -0.382 e. The summed E-state index contributed by atoms with van der Waals surface area (Å²) < 4.78 is 10.6. The van der Waals surface area contributed by atoms with Crippen molar-refractivity contribution in [2.45, 2.75) is 25.9 Å². The molecule has 1 saturated heterocycles. The van der Waals surface area contributed by atoms with Gasteiger partial charge in [-0.25, -0.2) is 0 Å². The molecule has 1 aliphatic heterocycles. The molecule has 0 bridgehead atoms. The molecule has 0 amide bonds. The van der Waals surface area contributed by atoms with Gasteiger partial charge in [0.2, 0.25) is 0 Å². The van der Waals surface area contributed by atoms with Gasteiger partial charge in [-0.2, -0.15) is 0 Å². The number of rotatable bonds is 5. The third-order valence-corrected chi connectivity index (χ3v) is 2.55. The van der Waals surface area contributed by atoms with Crippen molar-refractivity contribution in [3.63, 3.8) is 0 Å². The topological polar surface area (TPSA) is 21.7 Å². The normalized spacial score (nSPS) is 24.9. The highest BCUT2D eigenvalue weighted by Crippen LogP contribution is 2.12. The van der Waals surface area contributed by atoms with Gasteiger partial charge in [0.1, 0.15) is 0 Å². The first-order chi connectivity index (χ1) is 6.36. The van der Waals surface area contributed by atoms with Crippen LogP contribution in [0.2, 0.25) is 0 Å². The maximum absolute atomic E-state index is 5.69. The van der Waals surface area contributed by atoms with Gasteiger partial charge in [0.05, 0.1) is 19.3 Å². The zero-order valence-corrected chi connectivity index (χ0v) is 8.79. The molecule has 13 heavy (non-hydrogen) atoms. The van der Waals surface area contributed by atoms with E-state index in [4.69, 9.17) is 9.47 Å². The van der Waals surface area contributed by atoms with E-state index in [1.54, 1.807) is 7.11 Å². The van der Waals surface area contributed by atoms with Gasteiger partial charge in [-0.3, -0.25) is 0 Å². The predicted octanol–water partition coefficient (Wildman–Crippen LogP) is 1.13. The number of nitrogens with zero attached hydrogens (tertiary/aromatic N) is 1. The van der Waals surface area contributed by atoms with Crippen LogP contribution in [0, 0.1) is 0 Å². The Labute approximate surface area is 81.0 Å². The number of hydrogen-bond donors (Lipinski definition) is 0. The Morgan fingerprint density at radius 1 is 1.38 bits per heavy atom. The van der Waals surface area contributed by atoms with E-state index in [0.29, 0.717) is 12.7 Å². The molecule has 78 valence electrons. The molecule has 1 heterocycles. The summed E-state index contributed by atoms with van der Waals surface area (Å²) in [5.41, 5.74) is 0. The number of piperidine rings is 1. The summed E-state index contributed by atoms with van der Waals surface area (Å²) in [6.07, 6.45) is 2.91. The fourth-order valence-electron chi connectivity index (χ4n) is 1.73. The Hall–Kier alpha value is -0.120. The average molecular weight is 187 g/mol. The summed E-state index contributed by atoms with van der Waals surface area (Å²) in [5.74, 6) is 0. The fourth-order valence-corrected chi connectivity index (χ4v) is 1.73. The maximum atomic E-state index is 5.69. The van der Waals surface area contributed by atoms with E-state index in [2.05, 4.69) is 11.8 Å². The Morgan fingerprint density at radius 3 is 2.92 bits per heavy atom. The number of hydrogen-bond acceptors (Lipinski definition) is 3. The van der Waals surface area contributed by atoms with Crippen molar-refractivity contribution in [2.24, 2.45) is 0 Å². The highest BCUT2D eigenvalue weighted by atomic mass is 16.5. The molecule has 1 rings (SSSR count). The van der Waals surface area contributed by atoms with E-state index >= 15 is 0 Å². The summed E-state index contributed by atoms with van der Waals surface area (Å²) in [7, 11) is 1.71. The number of ether oxygens (including phenoxy) is 2. The van der Waals surface area contributed by atoms with Gasteiger partial charge in [0.25, 0.3) is 0 Å². The Bertz CT molecular complexity index is 130. The largest absolute Gasteiger partial charge is 0.382 e. The van der Waals surface area contributed by atoms with Crippen molar-refractivity contribution in [1.82, 2.24) is 4.90 Å². The van der Waals surface area contributed by atoms with Gasteiger partial charge in [0.15, 0.2) is 0 Å². The van der Waals surface area contributed by atoms with Crippen LogP contribution in [-0.4, -0.2) is 51.0 Å². The number of likely N-dealkylation sites (N-methyl/N-ethyl adjacent to an activating group) is 1. The lowest BCUT2D eigenvalue weighted by atomic mass is 10.1. The first kappa shape index (κ1) is 11.0. The van der Waals surface area contributed by atoms with Crippen LogP contribution in [0.1, 0.15) is 19.8 Å². The van der Waals surface area contributed by atoms with E-state index in [9.17, 15) is 0 Å². The summed E-state index contributed by atoms with van der Waals surface area (Å²) in [6, 6.07) is 0. The summed E-state index contributed by atoms with van der Waals surface area (Å²) in [4.78, 5) is 2.45. The molecule has 3 nitrogen and oxygen atoms in total. The van der Waals surface area contributed by atoms with Crippen molar-refractivity contribution in [2.75, 3.05) is 40.0 Å². The molecule has 1 aliphatic rings. The van der Waals surface area contributed by atoms with E-state index in [-0.39, 0.29) is 0 Å². The second-order valence-electron chi connectivity index (χ2n) is 3.52. The van der Waals surface area contributed by atoms with Gasteiger partial charge in [-0.1, -0.05) is 6.92 Å². The first-order valence-electron chi connectivity index (χ1n) is 5.19. The molecular weight excluding hydrogens is 166 g/mol. The second kappa shape index (κ2) is 6.35. The predicted molar refractivity (Wildman–Crippen MR) is 53.0 cm³/mol.